The van der Waals surface area contributed by atoms with E-state index in [0.29, 0.717) is 6.54 Å². The van der Waals surface area contributed by atoms with Crippen molar-refractivity contribution in [1.29, 1.82) is 0 Å². The van der Waals surface area contributed by atoms with Gasteiger partial charge in [-0.25, -0.2) is 8.42 Å². The number of methoxy groups -OCH3 is 1. The van der Waals surface area contributed by atoms with Crippen molar-refractivity contribution < 1.29 is 13.2 Å². The SMILES string of the molecule is CCS(=O)(=O)CCNc1cc(OC)ccc1Br. The molecule has 96 valence electrons. The van der Waals surface area contributed by atoms with E-state index < -0.39 is 9.84 Å². The fourth-order valence-electron chi connectivity index (χ4n) is 1.25. The number of sulfone groups is 1. The van der Waals surface area contributed by atoms with Gasteiger partial charge in [-0.1, -0.05) is 6.92 Å². The average Bonchev–Trinajstić information content (AvgIpc) is 2.31. The molecule has 0 saturated carbocycles. The number of rotatable bonds is 6. The zero-order valence-corrected chi connectivity index (χ0v) is 12.3. The molecule has 0 fully saturated rings. The third-order valence-corrected chi connectivity index (χ3v) is 4.74. The lowest BCUT2D eigenvalue weighted by Crippen LogP contribution is -2.17. The minimum absolute atomic E-state index is 0.132. The summed E-state index contributed by atoms with van der Waals surface area (Å²) in [6.07, 6.45) is 0. The number of ether oxygens (including phenoxy) is 1. The molecular weight excluding hydrogens is 306 g/mol. The van der Waals surface area contributed by atoms with E-state index in [9.17, 15) is 8.42 Å². The van der Waals surface area contributed by atoms with Crippen molar-refractivity contribution in [2.45, 2.75) is 6.92 Å². The Morgan fingerprint density at radius 2 is 2.12 bits per heavy atom. The normalized spacial score (nSPS) is 11.2. The highest BCUT2D eigenvalue weighted by atomic mass is 79.9. The minimum atomic E-state index is -2.93. The second kappa shape index (κ2) is 6.26. The van der Waals surface area contributed by atoms with Crippen LogP contribution in [0.2, 0.25) is 0 Å². The van der Waals surface area contributed by atoms with E-state index in [0.717, 1.165) is 15.9 Å². The van der Waals surface area contributed by atoms with Crippen LogP contribution in [0, 0.1) is 0 Å². The Balaban J connectivity index is 2.63. The van der Waals surface area contributed by atoms with E-state index in [4.69, 9.17) is 4.74 Å². The topological polar surface area (TPSA) is 55.4 Å². The summed E-state index contributed by atoms with van der Waals surface area (Å²) in [7, 11) is -1.34. The second-order valence-corrected chi connectivity index (χ2v) is 6.84. The van der Waals surface area contributed by atoms with E-state index in [1.54, 1.807) is 14.0 Å². The first kappa shape index (κ1) is 14.3. The van der Waals surface area contributed by atoms with Gasteiger partial charge in [0.2, 0.25) is 0 Å². The van der Waals surface area contributed by atoms with Crippen LogP contribution in [0.25, 0.3) is 0 Å². The first-order valence-electron chi connectivity index (χ1n) is 5.26. The van der Waals surface area contributed by atoms with Crippen LogP contribution in [0.1, 0.15) is 6.92 Å². The van der Waals surface area contributed by atoms with Gasteiger partial charge in [0.1, 0.15) is 5.75 Å². The lowest BCUT2D eigenvalue weighted by atomic mass is 10.3. The molecule has 1 aromatic carbocycles. The zero-order chi connectivity index (χ0) is 12.9. The lowest BCUT2D eigenvalue weighted by Gasteiger charge is -2.10. The summed E-state index contributed by atoms with van der Waals surface area (Å²) in [5.74, 6) is 1.04. The standard InChI is InChI=1S/C11H16BrNO3S/c1-3-17(14,15)7-6-13-11-8-9(16-2)4-5-10(11)12/h4-5,8,13H,3,6-7H2,1-2H3. The van der Waals surface area contributed by atoms with E-state index in [1.807, 2.05) is 18.2 Å². The van der Waals surface area contributed by atoms with Gasteiger partial charge in [-0.15, -0.1) is 0 Å². The molecule has 4 nitrogen and oxygen atoms in total. The molecule has 0 heterocycles. The van der Waals surface area contributed by atoms with Crippen LogP contribution in [-0.4, -0.2) is 33.6 Å². The van der Waals surface area contributed by atoms with Crippen LogP contribution in [0.4, 0.5) is 5.69 Å². The Morgan fingerprint density at radius 3 is 2.71 bits per heavy atom. The Hall–Kier alpha value is -0.750. The number of hydrogen-bond acceptors (Lipinski definition) is 4. The van der Waals surface area contributed by atoms with E-state index >= 15 is 0 Å². The molecule has 0 aliphatic carbocycles. The van der Waals surface area contributed by atoms with Gasteiger partial charge in [-0.05, 0) is 28.1 Å². The fraction of sp³-hybridized carbons (Fsp3) is 0.455. The highest BCUT2D eigenvalue weighted by molar-refractivity contribution is 9.10. The number of benzene rings is 1. The van der Waals surface area contributed by atoms with Crippen LogP contribution in [-0.2, 0) is 9.84 Å². The Kier molecular flexibility index (Phi) is 5.27. The van der Waals surface area contributed by atoms with Crippen molar-refractivity contribution in [1.82, 2.24) is 0 Å². The van der Waals surface area contributed by atoms with Crippen LogP contribution in [0.5, 0.6) is 5.75 Å². The quantitative estimate of drug-likeness (QED) is 0.873. The Morgan fingerprint density at radius 1 is 1.41 bits per heavy atom. The Bertz CT molecular complexity index is 474. The molecule has 0 aliphatic heterocycles. The van der Waals surface area contributed by atoms with Gasteiger partial charge in [0.05, 0.1) is 18.6 Å². The monoisotopic (exact) mass is 321 g/mol. The molecule has 17 heavy (non-hydrogen) atoms. The fourth-order valence-corrected chi connectivity index (χ4v) is 2.34. The van der Waals surface area contributed by atoms with Gasteiger partial charge in [0.25, 0.3) is 0 Å². The molecule has 1 rings (SSSR count). The van der Waals surface area contributed by atoms with Crippen molar-refractivity contribution >= 4 is 31.5 Å². The summed E-state index contributed by atoms with van der Waals surface area (Å²) in [4.78, 5) is 0. The van der Waals surface area contributed by atoms with Crippen LogP contribution in [0.3, 0.4) is 0 Å². The first-order valence-corrected chi connectivity index (χ1v) is 7.88. The van der Waals surface area contributed by atoms with Crippen molar-refractivity contribution in [3.8, 4) is 5.75 Å². The Labute approximate surface area is 110 Å². The predicted molar refractivity (Wildman–Crippen MR) is 73.5 cm³/mol. The summed E-state index contributed by atoms with van der Waals surface area (Å²) in [5.41, 5.74) is 0.829. The molecule has 0 saturated heterocycles. The van der Waals surface area contributed by atoms with E-state index in [-0.39, 0.29) is 11.5 Å². The smallest absolute Gasteiger partial charge is 0.151 e. The molecule has 0 bridgehead atoms. The average molecular weight is 322 g/mol. The molecule has 0 spiro atoms. The third-order valence-electron chi connectivity index (χ3n) is 2.34. The van der Waals surface area contributed by atoms with Gasteiger partial charge < -0.3 is 10.1 Å². The highest BCUT2D eigenvalue weighted by Crippen LogP contribution is 2.26. The molecule has 1 N–H and O–H groups in total. The van der Waals surface area contributed by atoms with Crippen LogP contribution < -0.4 is 10.1 Å². The number of halogens is 1. The summed E-state index contributed by atoms with van der Waals surface area (Å²) in [6.45, 7) is 2.04. The molecule has 1 aromatic rings. The van der Waals surface area contributed by atoms with Gasteiger partial charge in [0, 0.05) is 22.8 Å². The second-order valence-electron chi connectivity index (χ2n) is 3.51. The number of nitrogens with one attached hydrogen (secondary N) is 1. The molecule has 0 aliphatic rings. The summed E-state index contributed by atoms with van der Waals surface area (Å²) in [5, 5.41) is 3.07. The lowest BCUT2D eigenvalue weighted by molar-refractivity contribution is 0.415. The van der Waals surface area contributed by atoms with Gasteiger partial charge in [-0.3, -0.25) is 0 Å². The third kappa shape index (κ3) is 4.55. The summed E-state index contributed by atoms with van der Waals surface area (Å²) < 4.78 is 28.6. The first-order chi connectivity index (χ1) is 7.98. The largest absolute Gasteiger partial charge is 0.497 e. The molecular formula is C11H16BrNO3S. The summed E-state index contributed by atoms with van der Waals surface area (Å²) in [6, 6.07) is 5.51. The van der Waals surface area contributed by atoms with E-state index in [2.05, 4.69) is 21.2 Å². The van der Waals surface area contributed by atoms with Crippen molar-refractivity contribution in [2.24, 2.45) is 0 Å². The molecule has 0 unspecified atom stereocenters. The van der Waals surface area contributed by atoms with Crippen molar-refractivity contribution in [3.05, 3.63) is 22.7 Å². The highest BCUT2D eigenvalue weighted by Gasteiger charge is 2.07. The molecule has 0 atom stereocenters. The molecule has 6 heteroatoms. The van der Waals surface area contributed by atoms with Crippen LogP contribution in [0.15, 0.2) is 22.7 Å². The molecule has 0 radical (unpaired) electrons. The van der Waals surface area contributed by atoms with Crippen LogP contribution >= 0.6 is 15.9 Å². The maximum absolute atomic E-state index is 11.3. The van der Waals surface area contributed by atoms with Crippen molar-refractivity contribution in [3.63, 3.8) is 0 Å². The maximum Gasteiger partial charge on any atom is 0.151 e. The van der Waals surface area contributed by atoms with Gasteiger partial charge in [-0.2, -0.15) is 0 Å². The minimum Gasteiger partial charge on any atom is -0.497 e. The van der Waals surface area contributed by atoms with Gasteiger partial charge in [0.15, 0.2) is 9.84 Å². The zero-order valence-electron chi connectivity index (χ0n) is 9.86. The molecule has 0 aromatic heterocycles. The maximum atomic E-state index is 11.3. The number of anilines is 1. The molecule has 0 amide bonds. The van der Waals surface area contributed by atoms with Gasteiger partial charge >= 0.3 is 0 Å². The summed E-state index contributed by atoms with van der Waals surface area (Å²) >= 11 is 3.39. The van der Waals surface area contributed by atoms with Crippen molar-refractivity contribution in [2.75, 3.05) is 30.5 Å². The number of hydrogen-bond donors (Lipinski definition) is 1. The van der Waals surface area contributed by atoms with E-state index in [1.165, 1.54) is 0 Å². The predicted octanol–water partition coefficient (Wildman–Crippen LogP) is 2.30.